The number of hydrogen-bond donors (Lipinski definition) is 6. The Bertz CT molecular complexity index is 4310. The summed E-state index contributed by atoms with van der Waals surface area (Å²) in [5, 5.41) is 30.0. The van der Waals surface area contributed by atoms with Gasteiger partial charge in [-0.3, -0.25) is 46.1 Å². The van der Waals surface area contributed by atoms with Gasteiger partial charge in [0.1, 0.15) is 32.9 Å². The number of benzene rings is 4. The van der Waals surface area contributed by atoms with E-state index in [1.807, 2.05) is 13.8 Å². The van der Waals surface area contributed by atoms with Crippen LogP contribution >= 0.6 is 34.3 Å². The molecule has 3 amide bonds. The number of nitrogens with two attached hydrogens (primary N) is 1. The number of nitrogens with zero attached hydrogens (tertiary/aromatic N) is 6. The van der Waals surface area contributed by atoms with E-state index in [1.165, 1.54) is 108 Å². The smallest absolute Gasteiger partial charge is 0.417 e. The molecule has 0 aliphatic rings. The van der Waals surface area contributed by atoms with Crippen LogP contribution in [0.1, 0.15) is 87.8 Å². The van der Waals surface area contributed by atoms with Gasteiger partial charge >= 0.3 is 23.7 Å². The molecule has 0 unspecified atom stereocenters. The number of amides is 3. The zero-order valence-corrected chi connectivity index (χ0v) is 56.0. The molecule has 0 bridgehead atoms. The number of pyridine rings is 2. The van der Waals surface area contributed by atoms with Gasteiger partial charge in [-0.25, -0.2) is 55.4 Å². The van der Waals surface area contributed by atoms with Gasteiger partial charge in [-0.2, -0.15) is 0 Å². The van der Waals surface area contributed by atoms with E-state index >= 15 is 0 Å². The van der Waals surface area contributed by atoms with Crippen molar-refractivity contribution in [3.05, 3.63) is 153 Å². The fourth-order valence-corrected chi connectivity index (χ4v) is 13.6. The molecule has 4 aromatic heterocycles. The van der Waals surface area contributed by atoms with E-state index in [0.717, 1.165) is 11.1 Å². The molecule has 0 fully saturated rings. The molecule has 0 spiro atoms. The first-order valence-corrected chi connectivity index (χ1v) is 32.6. The number of nitro benzene ring substituents is 2. The van der Waals surface area contributed by atoms with Crippen molar-refractivity contribution >= 4 is 112 Å². The van der Waals surface area contributed by atoms with Crippen LogP contribution in [0.2, 0.25) is 0 Å². The second-order valence-corrected chi connectivity index (χ2v) is 28.2. The van der Waals surface area contributed by atoms with E-state index in [0.29, 0.717) is 59.3 Å². The first-order valence-electron chi connectivity index (χ1n) is 27.6. The molecule has 4 aromatic carbocycles. The summed E-state index contributed by atoms with van der Waals surface area (Å²) in [4.78, 5) is 85.6. The first kappa shape index (κ1) is 75.2. The van der Waals surface area contributed by atoms with Crippen molar-refractivity contribution < 1.29 is 64.8 Å². The summed E-state index contributed by atoms with van der Waals surface area (Å²) in [5.41, 5.74) is 8.17. The average Bonchev–Trinajstić information content (AvgIpc) is 1.43. The number of aromatic nitrogens is 4. The molecule has 7 N–H and O–H groups in total. The first-order chi connectivity index (χ1) is 43.3. The van der Waals surface area contributed by atoms with Crippen LogP contribution in [0.5, 0.6) is 11.5 Å². The Morgan fingerprint density at radius 3 is 1.30 bits per heavy atom. The molecule has 28 nitrogen and oxygen atoms in total. The molecule has 0 aliphatic carbocycles. The third kappa shape index (κ3) is 22.3. The van der Waals surface area contributed by atoms with Crippen molar-refractivity contribution in [2.45, 2.75) is 124 Å². The number of nitro groups is 2. The lowest BCUT2D eigenvalue weighted by Gasteiger charge is -2.22. The van der Waals surface area contributed by atoms with Crippen molar-refractivity contribution in [3.8, 4) is 53.8 Å². The number of rotatable bonds is 17. The Labute approximate surface area is 555 Å². The second kappa shape index (κ2) is 31.8. The molecule has 4 heterocycles. The minimum atomic E-state index is -4.11. The Morgan fingerprint density at radius 1 is 0.543 bits per heavy atom. The normalized spacial score (nSPS) is 11.4. The molecule has 500 valence electrons. The SMILES string of the molecule is C.Cc1cc(NC(=O)OC(C)C)cnc1-c1ncc(-c2ccc(N)cc2S(=O)(=O)NC(C)(C)C)s1.Cc1cc(NC(=O)OC(C)C)cnc1-c1ncc(-c2ccc(NC(=O)Oc3ccc([N+](=O)[O-])cc3)cc2S(=O)(=O)NC(C)(C)C)s1.O=C(Cl)Oc1ccc([N+](=O)[O-])cc1. The van der Waals surface area contributed by atoms with Crippen LogP contribution in [-0.2, 0) is 29.5 Å². The Balaban J connectivity index is 0.000000291. The lowest BCUT2D eigenvalue weighted by Crippen LogP contribution is -2.40. The highest BCUT2D eigenvalue weighted by Gasteiger charge is 2.29. The van der Waals surface area contributed by atoms with Crippen LogP contribution in [0, 0.1) is 34.1 Å². The summed E-state index contributed by atoms with van der Waals surface area (Å²) in [5.74, 6) is 0.230. The predicted octanol–water partition coefficient (Wildman–Crippen LogP) is 14.5. The van der Waals surface area contributed by atoms with E-state index in [2.05, 4.69) is 50.1 Å². The van der Waals surface area contributed by atoms with Gasteiger partial charge in [-0.05, 0) is 155 Å². The molecular weight excluding hydrogens is 1320 g/mol. The highest BCUT2D eigenvalue weighted by Crippen LogP contribution is 2.40. The highest BCUT2D eigenvalue weighted by atomic mass is 35.5. The van der Waals surface area contributed by atoms with Gasteiger partial charge in [0.15, 0.2) is 0 Å². The third-order valence-corrected chi connectivity index (χ3v) is 17.2. The summed E-state index contributed by atoms with van der Waals surface area (Å²) in [7, 11) is -7.94. The largest absolute Gasteiger partial charge is 0.447 e. The minimum absolute atomic E-state index is 0. The number of thiazole rings is 2. The van der Waals surface area contributed by atoms with Gasteiger partial charge in [-0.1, -0.05) is 19.6 Å². The van der Waals surface area contributed by atoms with Crippen molar-refractivity contribution in [1.82, 2.24) is 29.4 Å². The van der Waals surface area contributed by atoms with Crippen LogP contribution < -0.4 is 40.6 Å². The van der Waals surface area contributed by atoms with Gasteiger partial charge < -0.3 is 24.7 Å². The Morgan fingerprint density at radius 2 is 0.926 bits per heavy atom. The van der Waals surface area contributed by atoms with Crippen molar-refractivity contribution in [2.24, 2.45) is 0 Å². The van der Waals surface area contributed by atoms with Gasteiger partial charge in [0, 0.05) is 81.8 Å². The highest BCUT2D eigenvalue weighted by molar-refractivity contribution is 7.90. The molecule has 0 aliphatic heterocycles. The van der Waals surface area contributed by atoms with Gasteiger partial charge in [0.2, 0.25) is 20.0 Å². The standard InChI is InChI=1S/C30H32N6O8S2.C23H29N5O4S2.C7H4ClNO4.CH4/c1-17(2)43-28(37)34-20-13-18(3)26(31-15-20)27-32-16-24(45-27)23-12-7-19(14-25(23)46(41,42)35-30(4,5)6)33-29(38)44-22-10-8-21(9-11-22)36(39)40;1-13(2)32-22(29)27-16-9-14(3)20(25-11-16)21-26-12-18(33-21)17-8-7-15(24)10-19(17)34(30,31)28-23(4,5)6;8-7(10)13-6-3-1-5(2-4-6)9(11)12;/h7-17,35H,1-6H3,(H,33,38)(H,34,37);7-13,28H,24H2,1-6H3,(H,27,29);1-4H;1H4. The molecule has 0 radical (unpaired) electrons. The molecule has 8 aromatic rings. The zero-order chi connectivity index (χ0) is 68.9. The summed E-state index contributed by atoms with van der Waals surface area (Å²) in [6.45, 7) is 21.1. The number of halogens is 1. The average molecular weight is 1390 g/mol. The maximum atomic E-state index is 13.6. The number of anilines is 4. The van der Waals surface area contributed by atoms with Crippen molar-refractivity contribution in [2.75, 3.05) is 21.7 Å². The number of nitrogens with one attached hydrogen (secondary N) is 5. The Kier molecular flexibility index (Phi) is 25.5. The topological polar surface area (TPSA) is 397 Å². The van der Waals surface area contributed by atoms with Gasteiger partial charge in [-0.15, -0.1) is 22.7 Å². The number of nitrogen functional groups attached to an aromatic ring is 1. The number of sulfonamides is 2. The molecular formula is C61H69ClN12O16S4. The molecule has 33 heteroatoms. The van der Waals surface area contributed by atoms with Crippen molar-refractivity contribution in [1.29, 1.82) is 0 Å². The van der Waals surface area contributed by atoms with Gasteiger partial charge in [0.25, 0.3) is 11.4 Å². The molecule has 94 heavy (non-hydrogen) atoms. The second-order valence-electron chi connectivity index (χ2n) is 22.5. The lowest BCUT2D eigenvalue weighted by molar-refractivity contribution is -0.385. The number of carbonyl (C=O) groups is 4. The van der Waals surface area contributed by atoms with Crippen LogP contribution in [-0.4, -0.2) is 93.6 Å². The molecule has 0 atom stereocenters. The monoisotopic (exact) mass is 1390 g/mol. The van der Waals surface area contributed by atoms with Crippen LogP contribution in [0.4, 0.5) is 53.3 Å². The predicted molar refractivity (Wildman–Crippen MR) is 361 cm³/mol. The maximum Gasteiger partial charge on any atom is 0.417 e. The minimum Gasteiger partial charge on any atom is -0.447 e. The van der Waals surface area contributed by atoms with E-state index in [9.17, 15) is 56.2 Å². The zero-order valence-electron chi connectivity index (χ0n) is 52.0. The number of carbonyl (C=O) groups excluding carboxylic acids is 4. The fraction of sp³-hybridized carbons (Fsp3) is 0.279. The summed E-state index contributed by atoms with van der Waals surface area (Å²) in [6, 6.07) is 22.6. The number of ether oxygens (including phenoxy) is 4. The number of hydrogen-bond acceptors (Lipinski definition) is 23. The summed E-state index contributed by atoms with van der Waals surface area (Å²) >= 11 is 7.45. The Hall–Kier alpha value is -9.57. The van der Waals surface area contributed by atoms with Gasteiger partial charge in [0.05, 0.1) is 65.4 Å². The van der Waals surface area contributed by atoms with E-state index < -0.39 is 64.7 Å². The maximum absolute atomic E-state index is 13.6. The van der Waals surface area contributed by atoms with E-state index in [-0.39, 0.29) is 58.0 Å². The summed E-state index contributed by atoms with van der Waals surface area (Å²) in [6.07, 6.45) is 3.56. The van der Waals surface area contributed by atoms with E-state index in [4.69, 9.17) is 31.5 Å². The molecule has 0 saturated carbocycles. The number of non-ortho nitro benzene ring substituents is 2. The van der Waals surface area contributed by atoms with Crippen LogP contribution in [0.25, 0.3) is 42.3 Å². The van der Waals surface area contributed by atoms with Crippen LogP contribution in [0.15, 0.2) is 132 Å². The number of aryl methyl sites for hydroxylation is 2. The summed E-state index contributed by atoms with van der Waals surface area (Å²) < 4.78 is 78.5. The van der Waals surface area contributed by atoms with Crippen LogP contribution in [0.3, 0.4) is 0 Å². The van der Waals surface area contributed by atoms with E-state index in [1.54, 1.807) is 106 Å². The van der Waals surface area contributed by atoms with Crippen molar-refractivity contribution in [3.63, 3.8) is 0 Å². The lowest BCUT2D eigenvalue weighted by atomic mass is 10.1. The quantitative estimate of drug-likeness (QED) is 0.0213. The molecule has 0 saturated heterocycles. The molecule has 8 rings (SSSR count). The fourth-order valence-electron chi connectivity index (χ4n) is 7.99. The third-order valence-electron chi connectivity index (χ3n) is 11.5.